The molecule has 1 heterocycles. The van der Waals surface area contributed by atoms with E-state index < -0.39 is 0 Å². The maximum Gasteiger partial charge on any atom is 0.204 e. The third-order valence-electron chi connectivity index (χ3n) is 2.12. The molecule has 1 atom stereocenters. The molecule has 0 saturated carbocycles. The molecular weight excluding hydrogens is 194 g/mol. The van der Waals surface area contributed by atoms with Crippen molar-refractivity contribution < 1.29 is 5.11 Å². The number of aliphatic hydroxyl groups excluding tert-OH is 1. The standard InChI is InChI=1S/C9H11N5O/c10-8(5-15)6-2-1-3-7(4-6)9-11-13-14-12-9/h1-4,8,15H,5,10H2,(H,11,12,13,14)/t8-/m1/s1. The van der Waals surface area contributed by atoms with Gasteiger partial charge in [-0.1, -0.05) is 18.2 Å². The molecule has 0 bridgehead atoms. The number of rotatable bonds is 3. The summed E-state index contributed by atoms with van der Waals surface area (Å²) in [5.41, 5.74) is 7.37. The van der Waals surface area contributed by atoms with E-state index in [1.165, 1.54) is 0 Å². The lowest BCUT2D eigenvalue weighted by atomic mass is 10.1. The van der Waals surface area contributed by atoms with E-state index in [1.807, 2.05) is 24.3 Å². The lowest BCUT2D eigenvalue weighted by Gasteiger charge is -2.08. The molecule has 78 valence electrons. The van der Waals surface area contributed by atoms with Crippen molar-refractivity contribution in [3.8, 4) is 11.4 Å². The van der Waals surface area contributed by atoms with Crippen molar-refractivity contribution in [3.05, 3.63) is 29.8 Å². The molecule has 0 unspecified atom stereocenters. The summed E-state index contributed by atoms with van der Waals surface area (Å²) in [6, 6.07) is 7.02. The fourth-order valence-corrected chi connectivity index (χ4v) is 1.30. The van der Waals surface area contributed by atoms with Gasteiger partial charge in [-0.2, -0.15) is 5.21 Å². The van der Waals surface area contributed by atoms with Gasteiger partial charge in [-0.15, -0.1) is 10.2 Å². The Balaban J connectivity index is 2.35. The summed E-state index contributed by atoms with van der Waals surface area (Å²) in [6.07, 6.45) is 0. The van der Waals surface area contributed by atoms with E-state index >= 15 is 0 Å². The van der Waals surface area contributed by atoms with Crippen LogP contribution in [-0.4, -0.2) is 32.3 Å². The van der Waals surface area contributed by atoms with Gasteiger partial charge in [0.1, 0.15) is 0 Å². The minimum atomic E-state index is -0.378. The van der Waals surface area contributed by atoms with Crippen LogP contribution in [-0.2, 0) is 0 Å². The highest BCUT2D eigenvalue weighted by atomic mass is 16.3. The van der Waals surface area contributed by atoms with Crippen LogP contribution in [0.2, 0.25) is 0 Å². The summed E-state index contributed by atoms with van der Waals surface area (Å²) in [5, 5.41) is 22.5. The average Bonchev–Trinajstić information content (AvgIpc) is 2.82. The van der Waals surface area contributed by atoms with Gasteiger partial charge in [0.05, 0.1) is 12.6 Å². The third kappa shape index (κ3) is 2.00. The molecule has 6 nitrogen and oxygen atoms in total. The Bertz CT molecular complexity index is 428. The molecule has 0 fully saturated rings. The van der Waals surface area contributed by atoms with Crippen LogP contribution < -0.4 is 5.73 Å². The van der Waals surface area contributed by atoms with Crippen molar-refractivity contribution in [1.82, 2.24) is 20.6 Å². The van der Waals surface area contributed by atoms with Gasteiger partial charge in [0.25, 0.3) is 0 Å². The number of hydrogen-bond donors (Lipinski definition) is 3. The molecule has 0 amide bonds. The zero-order chi connectivity index (χ0) is 10.7. The lowest BCUT2D eigenvalue weighted by Crippen LogP contribution is -2.14. The predicted molar refractivity (Wildman–Crippen MR) is 53.6 cm³/mol. The first-order valence-corrected chi connectivity index (χ1v) is 4.51. The maximum absolute atomic E-state index is 8.93. The quantitative estimate of drug-likeness (QED) is 0.647. The van der Waals surface area contributed by atoms with Gasteiger partial charge in [0.15, 0.2) is 0 Å². The number of nitrogens with two attached hydrogens (primary N) is 1. The number of aromatic nitrogens is 4. The Kier molecular flexibility index (Phi) is 2.70. The number of aromatic amines is 1. The molecule has 0 saturated heterocycles. The second kappa shape index (κ2) is 4.16. The van der Waals surface area contributed by atoms with E-state index in [-0.39, 0.29) is 12.6 Å². The number of nitrogens with one attached hydrogen (secondary N) is 1. The molecule has 0 aliphatic rings. The molecule has 4 N–H and O–H groups in total. The minimum absolute atomic E-state index is 0.0876. The molecule has 2 rings (SSSR count). The van der Waals surface area contributed by atoms with Crippen molar-refractivity contribution >= 4 is 0 Å². The molecular formula is C9H11N5O. The van der Waals surface area contributed by atoms with Crippen LogP contribution >= 0.6 is 0 Å². The summed E-state index contributed by atoms with van der Waals surface area (Å²) in [5.74, 6) is 0.516. The van der Waals surface area contributed by atoms with E-state index in [1.54, 1.807) is 0 Å². The smallest absolute Gasteiger partial charge is 0.204 e. The van der Waals surface area contributed by atoms with Gasteiger partial charge >= 0.3 is 0 Å². The monoisotopic (exact) mass is 205 g/mol. The number of tetrazole rings is 1. The lowest BCUT2D eigenvalue weighted by molar-refractivity contribution is 0.268. The van der Waals surface area contributed by atoms with Crippen molar-refractivity contribution in [2.75, 3.05) is 6.61 Å². The largest absolute Gasteiger partial charge is 0.394 e. The first-order chi connectivity index (χ1) is 7.31. The van der Waals surface area contributed by atoms with Crippen LogP contribution in [0.4, 0.5) is 0 Å². The zero-order valence-electron chi connectivity index (χ0n) is 7.96. The Hall–Kier alpha value is -1.79. The molecule has 15 heavy (non-hydrogen) atoms. The third-order valence-corrected chi connectivity index (χ3v) is 2.12. The molecule has 0 aliphatic carbocycles. The van der Waals surface area contributed by atoms with Crippen molar-refractivity contribution in [1.29, 1.82) is 0 Å². The number of hydrogen-bond acceptors (Lipinski definition) is 5. The van der Waals surface area contributed by atoms with Crippen LogP contribution in [0.1, 0.15) is 11.6 Å². The maximum atomic E-state index is 8.93. The molecule has 0 aliphatic heterocycles. The summed E-state index contributed by atoms with van der Waals surface area (Å²) < 4.78 is 0. The van der Waals surface area contributed by atoms with Gasteiger partial charge in [-0.3, -0.25) is 0 Å². The Morgan fingerprint density at radius 3 is 3.00 bits per heavy atom. The van der Waals surface area contributed by atoms with Crippen LogP contribution in [0.3, 0.4) is 0 Å². The SMILES string of the molecule is N[C@H](CO)c1cccc(-c2nn[nH]n2)c1. The fraction of sp³-hybridized carbons (Fsp3) is 0.222. The first-order valence-electron chi connectivity index (χ1n) is 4.51. The molecule has 6 heteroatoms. The molecule has 0 spiro atoms. The van der Waals surface area contributed by atoms with Crippen LogP contribution in [0.15, 0.2) is 24.3 Å². The van der Waals surface area contributed by atoms with Crippen LogP contribution in [0, 0.1) is 0 Å². The minimum Gasteiger partial charge on any atom is -0.394 e. The van der Waals surface area contributed by atoms with Gasteiger partial charge in [0, 0.05) is 5.56 Å². The number of H-pyrrole nitrogens is 1. The summed E-state index contributed by atoms with van der Waals surface area (Å²) in [6.45, 7) is -0.0876. The predicted octanol–water partition coefficient (Wildman–Crippen LogP) is -0.141. The average molecular weight is 205 g/mol. The fourth-order valence-electron chi connectivity index (χ4n) is 1.30. The van der Waals surface area contributed by atoms with Crippen molar-refractivity contribution in [2.45, 2.75) is 6.04 Å². The summed E-state index contributed by atoms with van der Waals surface area (Å²) in [4.78, 5) is 0. The van der Waals surface area contributed by atoms with Gasteiger partial charge in [-0.25, -0.2) is 0 Å². The van der Waals surface area contributed by atoms with Gasteiger partial charge < -0.3 is 10.8 Å². The van der Waals surface area contributed by atoms with E-state index in [9.17, 15) is 0 Å². The normalized spacial score (nSPS) is 12.7. The Morgan fingerprint density at radius 2 is 2.33 bits per heavy atom. The molecule has 1 aromatic carbocycles. The second-order valence-corrected chi connectivity index (χ2v) is 3.15. The van der Waals surface area contributed by atoms with Crippen molar-refractivity contribution in [2.24, 2.45) is 5.73 Å². The highest BCUT2D eigenvalue weighted by Crippen LogP contribution is 2.18. The van der Waals surface area contributed by atoms with Gasteiger partial charge in [-0.05, 0) is 16.8 Å². The van der Waals surface area contributed by atoms with Gasteiger partial charge in [0.2, 0.25) is 5.82 Å². The number of aliphatic hydroxyl groups is 1. The van der Waals surface area contributed by atoms with E-state index in [2.05, 4.69) is 20.6 Å². The van der Waals surface area contributed by atoms with E-state index in [4.69, 9.17) is 10.8 Å². The van der Waals surface area contributed by atoms with E-state index in [0.717, 1.165) is 11.1 Å². The number of nitrogens with zero attached hydrogens (tertiary/aromatic N) is 3. The van der Waals surface area contributed by atoms with Crippen LogP contribution in [0.5, 0.6) is 0 Å². The second-order valence-electron chi connectivity index (χ2n) is 3.15. The summed E-state index contributed by atoms with van der Waals surface area (Å²) >= 11 is 0. The highest BCUT2D eigenvalue weighted by Gasteiger charge is 2.07. The van der Waals surface area contributed by atoms with Crippen LogP contribution in [0.25, 0.3) is 11.4 Å². The van der Waals surface area contributed by atoms with Crippen molar-refractivity contribution in [3.63, 3.8) is 0 Å². The summed E-state index contributed by atoms with van der Waals surface area (Å²) in [7, 11) is 0. The number of benzene rings is 1. The molecule has 2 aromatic rings. The zero-order valence-corrected chi connectivity index (χ0v) is 7.96. The first kappa shape index (κ1) is 9.75. The Morgan fingerprint density at radius 1 is 1.47 bits per heavy atom. The topological polar surface area (TPSA) is 101 Å². The Labute approximate surface area is 86.1 Å². The van der Waals surface area contributed by atoms with E-state index in [0.29, 0.717) is 5.82 Å². The highest BCUT2D eigenvalue weighted by molar-refractivity contribution is 5.55. The molecule has 1 aromatic heterocycles. The molecule has 0 radical (unpaired) electrons.